The van der Waals surface area contributed by atoms with E-state index in [0.717, 1.165) is 18.7 Å². The standard InChI is InChI=1S/C18H25N3O3/c1-12-10-21(11-13(2)24-12)17(22)14-4-6-15(7-5-14)19-16-8-9-20(3)18(16)23/h4-7,12-13,16,19H,8-11H2,1-3H3/t12-,13+,16-/m1/s1. The van der Waals surface area contributed by atoms with E-state index in [4.69, 9.17) is 4.74 Å². The monoisotopic (exact) mass is 331 g/mol. The van der Waals surface area contributed by atoms with E-state index in [-0.39, 0.29) is 30.1 Å². The summed E-state index contributed by atoms with van der Waals surface area (Å²) in [4.78, 5) is 28.2. The Hall–Kier alpha value is -2.08. The SMILES string of the molecule is C[C@@H]1CN(C(=O)c2ccc(N[C@@H]3CCN(C)C3=O)cc2)C[C@H](C)O1. The fourth-order valence-corrected chi connectivity index (χ4v) is 3.39. The van der Waals surface area contributed by atoms with Crippen molar-refractivity contribution in [3.05, 3.63) is 29.8 Å². The maximum atomic E-state index is 12.6. The maximum Gasteiger partial charge on any atom is 0.254 e. The van der Waals surface area contributed by atoms with Crippen LogP contribution in [0.3, 0.4) is 0 Å². The van der Waals surface area contributed by atoms with Crippen molar-refractivity contribution in [2.45, 2.75) is 38.5 Å². The van der Waals surface area contributed by atoms with Crippen LogP contribution in [0.2, 0.25) is 0 Å². The number of ether oxygens (including phenoxy) is 1. The molecule has 0 aliphatic carbocycles. The highest BCUT2D eigenvalue weighted by molar-refractivity contribution is 5.95. The average molecular weight is 331 g/mol. The molecule has 0 radical (unpaired) electrons. The molecule has 1 aromatic carbocycles. The van der Waals surface area contributed by atoms with Gasteiger partial charge in [-0.3, -0.25) is 9.59 Å². The molecule has 0 saturated carbocycles. The van der Waals surface area contributed by atoms with Crippen LogP contribution in [0.5, 0.6) is 0 Å². The summed E-state index contributed by atoms with van der Waals surface area (Å²) in [6, 6.07) is 7.20. The van der Waals surface area contributed by atoms with Gasteiger partial charge in [0.1, 0.15) is 6.04 Å². The van der Waals surface area contributed by atoms with Gasteiger partial charge in [0.05, 0.1) is 12.2 Å². The summed E-state index contributed by atoms with van der Waals surface area (Å²) < 4.78 is 5.67. The number of carbonyl (C=O) groups excluding carboxylic acids is 2. The molecule has 2 saturated heterocycles. The molecule has 0 aromatic heterocycles. The van der Waals surface area contributed by atoms with E-state index in [1.807, 2.05) is 50.1 Å². The van der Waals surface area contributed by atoms with Gasteiger partial charge in [0.2, 0.25) is 5.91 Å². The van der Waals surface area contributed by atoms with Crippen molar-refractivity contribution in [1.82, 2.24) is 9.80 Å². The zero-order chi connectivity index (χ0) is 17.3. The average Bonchev–Trinajstić information content (AvgIpc) is 2.86. The summed E-state index contributed by atoms with van der Waals surface area (Å²) in [7, 11) is 1.82. The van der Waals surface area contributed by atoms with Crippen LogP contribution in [-0.2, 0) is 9.53 Å². The smallest absolute Gasteiger partial charge is 0.254 e. The van der Waals surface area contributed by atoms with Crippen LogP contribution in [0.1, 0.15) is 30.6 Å². The molecule has 24 heavy (non-hydrogen) atoms. The molecule has 130 valence electrons. The van der Waals surface area contributed by atoms with Crippen LogP contribution in [-0.4, -0.2) is 66.5 Å². The molecule has 0 spiro atoms. The van der Waals surface area contributed by atoms with E-state index in [9.17, 15) is 9.59 Å². The van der Waals surface area contributed by atoms with Gasteiger partial charge in [-0.15, -0.1) is 0 Å². The van der Waals surface area contributed by atoms with Gasteiger partial charge in [0.25, 0.3) is 5.91 Å². The number of morpholine rings is 1. The second-order valence-corrected chi connectivity index (χ2v) is 6.79. The maximum absolute atomic E-state index is 12.6. The molecule has 2 aliphatic rings. The van der Waals surface area contributed by atoms with Crippen molar-refractivity contribution in [1.29, 1.82) is 0 Å². The minimum absolute atomic E-state index is 0.0280. The van der Waals surface area contributed by atoms with E-state index >= 15 is 0 Å². The topological polar surface area (TPSA) is 61.9 Å². The summed E-state index contributed by atoms with van der Waals surface area (Å²) in [6.45, 7) is 5.98. The Morgan fingerprint density at radius 3 is 2.33 bits per heavy atom. The number of benzene rings is 1. The van der Waals surface area contributed by atoms with Crippen LogP contribution in [0.4, 0.5) is 5.69 Å². The molecule has 0 bridgehead atoms. The Bertz CT molecular complexity index is 606. The lowest BCUT2D eigenvalue weighted by atomic mass is 10.1. The highest BCUT2D eigenvalue weighted by atomic mass is 16.5. The number of hydrogen-bond acceptors (Lipinski definition) is 4. The van der Waals surface area contributed by atoms with Crippen molar-refractivity contribution >= 4 is 17.5 Å². The van der Waals surface area contributed by atoms with Gasteiger partial charge in [0.15, 0.2) is 0 Å². The summed E-state index contributed by atoms with van der Waals surface area (Å²) in [5, 5.41) is 3.24. The number of carbonyl (C=O) groups is 2. The third-order valence-electron chi connectivity index (χ3n) is 4.61. The molecule has 1 aromatic rings. The minimum Gasteiger partial charge on any atom is -0.374 e. The van der Waals surface area contributed by atoms with Crippen LogP contribution in [0.15, 0.2) is 24.3 Å². The predicted octanol–water partition coefficient (Wildman–Crippen LogP) is 1.58. The van der Waals surface area contributed by atoms with Gasteiger partial charge >= 0.3 is 0 Å². The highest BCUT2D eigenvalue weighted by Gasteiger charge is 2.29. The van der Waals surface area contributed by atoms with E-state index in [1.165, 1.54) is 0 Å². The fraction of sp³-hybridized carbons (Fsp3) is 0.556. The second-order valence-electron chi connectivity index (χ2n) is 6.79. The minimum atomic E-state index is -0.169. The molecule has 2 fully saturated rings. The molecule has 2 heterocycles. The summed E-state index contributed by atoms with van der Waals surface area (Å²) in [6.07, 6.45) is 0.924. The van der Waals surface area contributed by atoms with E-state index in [1.54, 1.807) is 4.90 Å². The number of nitrogens with zero attached hydrogens (tertiary/aromatic N) is 2. The van der Waals surface area contributed by atoms with Crippen LogP contribution in [0.25, 0.3) is 0 Å². The third-order valence-corrected chi connectivity index (χ3v) is 4.61. The third kappa shape index (κ3) is 3.53. The first kappa shape index (κ1) is 16.8. The van der Waals surface area contributed by atoms with Gasteiger partial charge in [-0.1, -0.05) is 0 Å². The Kier molecular flexibility index (Phi) is 4.76. The first-order chi connectivity index (χ1) is 11.4. The Labute approximate surface area is 142 Å². The zero-order valence-electron chi connectivity index (χ0n) is 14.5. The molecular weight excluding hydrogens is 306 g/mol. The van der Waals surface area contributed by atoms with Gasteiger partial charge in [-0.25, -0.2) is 0 Å². The van der Waals surface area contributed by atoms with Crippen molar-refractivity contribution in [3.63, 3.8) is 0 Å². The van der Waals surface area contributed by atoms with Gasteiger partial charge in [-0.2, -0.15) is 0 Å². The molecule has 1 N–H and O–H groups in total. The van der Waals surface area contributed by atoms with E-state index in [0.29, 0.717) is 18.7 Å². The summed E-state index contributed by atoms with van der Waals surface area (Å²) in [5.41, 5.74) is 1.53. The first-order valence-electron chi connectivity index (χ1n) is 8.50. The molecule has 6 nitrogen and oxygen atoms in total. The number of anilines is 1. The van der Waals surface area contributed by atoms with E-state index < -0.39 is 0 Å². The van der Waals surface area contributed by atoms with Gasteiger partial charge in [0, 0.05) is 37.9 Å². The molecule has 3 rings (SSSR count). The molecule has 0 unspecified atom stereocenters. The molecule has 2 amide bonds. The number of hydrogen-bond donors (Lipinski definition) is 1. The second kappa shape index (κ2) is 6.81. The van der Waals surface area contributed by atoms with Gasteiger partial charge < -0.3 is 19.9 Å². The quantitative estimate of drug-likeness (QED) is 0.913. The Balaban J connectivity index is 1.64. The van der Waals surface area contributed by atoms with Crippen molar-refractivity contribution < 1.29 is 14.3 Å². The van der Waals surface area contributed by atoms with Crippen LogP contribution in [0, 0.1) is 0 Å². The summed E-state index contributed by atoms with van der Waals surface area (Å²) >= 11 is 0. The van der Waals surface area contributed by atoms with Crippen molar-refractivity contribution in [3.8, 4) is 0 Å². The van der Waals surface area contributed by atoms with E-state index in [2.05, 4.69) is 5.32 Å². The normalized spacial score (nSPS) is 27.5. The predicted molar refractivity (Wildman–Crippen MR) is 92.0 cm³/mol. The first-order valence-corrected chi connectivity index (χ1v) is 8.50. The lowest BCUT2D eigenvalue weighted by molar-refractivity contribution is -0.127. The van der Waals surface area contributed by atoms with Crippen LogP contribution >= 0.6 is 0 Å². The van der Waals surface area contributed by atoms with Crippen LogP contribution < -0.4 is 5.32 Å². The molecular formula is C18H25N3O3. The number of nitrogens with one attached hydrogen (secondary N) is 1. The lowest BCUT2D eigenvalue weighted by Crippen LogP contribution is -2.48. The van der Waals surface area contributed by atoms with Crippen molar-refractivity contribution in [2.75, 3.05) is 32.0 Å². The highest BCUT2D eigenvalue weighted by Crippen LogP contribution is 2.19. The number of rotatable bonds is 3. The fourth-order valence-electron chi connectivity index (χ4n) is 3.39. The molecule has 2 aliphatic heterocycles. The van der Waals surface area contributed by atoms with Crippen molar-refractivity contribution in [2.24, 2.45) is 0 Å². The Morgan fingerprint density at radius 1 is 1.17 bits per heavy atom. The largest absolute Gasteiger partial charge is 0.374 e. The number of likely N-dealkylation sites (tertiary alicyclic amines) is 1. The number of likely N-dealkylation sites (N-methyl/N-ethyl adjacent to an activating group) is 1. The summed E-state index contributed by atoms with van der Waals surface area (Å²) in [5.74, 6) is 0.145. The zero-order valence-corrected chi connectivity index (χ0v) is 14.5. The molecule has 6 heteroatoms. The Morgan fingerprint density at radius 2 is 1.79 bits per heavy atom. The van der Waals surface area contributed by atoms with Gasteiger partial charge in [-0.05, 0) is 44.5 Å². The lowest BCUT2D eigenvalue weighted by Gasteiger charge is -2.35. The molecule has 3 atom stereocenters. The number of amides is 2.